The summed E-state index contributed by atoms with van der Waals surface area (Å²) in [4.78, 5) is 10.9. The number of amides is 1. The number of hydrogen-bond acceptors (Lipinski definition) is 3. The molecule has 1 amide bonds. The Hall–Kier alpha value is -1.03. The van der Waals surface area contributed by atoms with Crippen LogP contribution in [0, 0.1) is 0 Å². The van der Waals surface area contributed by atoms with Crippen LogP contribution in [0.3, 0.4) is 0 Å². The summed E-state index contributed by atoms with van der Waals surface area (Å²) in [5, 5.41) is 19.6. The molecule has 4 heteroatoms. The van der Waals surface area contributed by atoms with Gasteiger partial charge in [0.25, 0.3) is 0 Å². The molecule has 0 fully saturated rings. The number of nitrogens with one attached hydrogen (secondary N) is 1. The van der Waals surface area contributed by atoms with Crippen molar-refractivity contribution < 1.29 is 15.0 Å². The Morgan fingerprint density at radius 2 is 2.00 bits per heavy atom. The Morgan fingerprint density at radius 1 is 1.45 bits per heavy atom. The Balaban J connectivity index is 3.95. The molecule has 0 radical (unpaired) electrons. The molecule has 0 heterocycles. The second-order valence-electron chi connectivity index (χ2n) is 2.19. The molecule has 0 saturated carbocycles. The first-order chi connectivity index (χ1) is 5.09. The van der Waals surface area contributed by atoms with Gasteiger partial charge in [-0.25, -0.2) is 0 Å². The Labute approximate surface area is 65.5 Å². The third-order valence-electron chi connectivity index (χ3n) is 1.28. The highest BCUT2D eigenvalue weighted by Crippen LogP contribution is 1.97. The normalized spacial score (nSPS) is 12.3. The maximum Gasteiger partial charge on any atom is 0.250 e. The van der Waals surface area contributed by atoms with Gasteiger partial charge in [-0.2, -0.15) is 0 Å². The number of carbonyl (C=O) groups excluding carboxylic acids is 1. The van der Waals surface area contributed by atoms with Gasteiger partial charge in [-0.1, -0.05) is 0 Å². The number of allylic oxidation sites excluding steroid dienone is 1. The van der Waals surface area contributed by atoms with Crippen LogP contribution in [0.15, 0.2) is 11.3 Å². The lowest BCUT2D eigenvalue weighted by Crippen LogP contribution is -2.27. The molecule has 0 aliphatic rings. The van der Waals surface area contributed by atoms with Gasteiger partial charge in [-0.15, -0.1) is 0 Å². The van der Waals surface area contributed by atoms with Gasteiger partial charge in [0.05, 0.1) is 17.9 Å². The van der Waals surface area contributed by atoms with E-state index >= 15 is 0 Å². The first-order valence-corrected chi connectivity index (χ1v) is 3.35. The van der Waals surface area contributed by atoms with E-state index in [1.165, 1.54) is 13.8 Å². The fraction of sp³-hybridized carbons (Fsp3) is 0.571. The summed E-state index contributed by atoms with van der Waals surface area (Å²) in [5.41, 5.74) is 0.276. The molecule has 4 nitrogen and oxygen atoms in total. The first kappa shape index (κ1) is 9.97. The third-order valence-corrected chi connectivity index (χ3v) is 1.28. The van der Waals surface area contributed by atoms with Gasteiger partial charge in [0.15, 0.2) is 0 Å². The fourth-order valence-electron chi connectivity index (χ4n) is 0.466. The highest BCUT2D eigenvalue weighted by molar-refractivity contribution is 5.93. The molecular formula is C7H13NO3. The maximum atomic E-state index is 10.9. The zero-order valence-electron chi connectivity index (χ0n) is 6.72. The lowest BCUT2D eigenvalue weighted by Gasteiger charge is -2.02. The minimum atomic E-state index is -0.348. The van der Waals surface area contributed by atoms with E-state index in [4.69, 9.17) is 10.2 Å². The summed E-state index contributed by atoms with van der Waals surface area (Å²) >= 11 is 0. The van der Waals surface area contributed by atoms with E-state index in [2.05, 4.69) is 5.32 Å². The monoisotopic (exact) mass is 159 g/mol. The van der Waals surface area contributed by atoms with Crippen LogP contribution in [0.25, 0.3) is 0 Å². The molecule has 0 aromatic rings. The number of aliphatic hydroxyl groups excluding tert-OH is 2. The molecule has 0 saturated heterocycles. The van der Waals surface area contributed by atoms with Crippen LogP contribution in [0.2, 0.25) is 0 Å². The minimum Gasteiger partial charge on any atom is -0.512 e. The molecule has 11 heavy (non-hydrogen) atoms. The van der Waals surface area contributed by atoms with Crippen molar-refractivity contribution in [3.63, 3.8) is 0 Å². The summed E-state index contributed by atoms with van der Waals surface area (Å²) in [6.45, 7) is 3.07. The summed E-state index contributed by atoms with van der Waals surface area (Å²) in [6, 6.07) is 0. The Bertz CT molecular complexity index is 171. The SMILES string of the molecule is C/C(O)=C(\C)C(=O)NCCO. The van der Waals surface area contributed by atoms with Crippen molar-refractivity contribution in [3.05, 3.63) is 11.3 Å². The van der Waals surface area contributed by atoms with E-state index in [0.29, 0.717) is 0 Å². The average molecular weight is 159 g/mol. The van der Waals surface area contributed by atoms with Crippen LogP contribution < -0.4 is 5.32 Å². The van der Waals surface area contributed by atoms with Crippen molar-refractivity contribution in [1.82, 2.24) is 5.32 Å². The molecule has 0 aromatic heterocycles. The smallest absolute Gasteiger partial charge is 0.250 e. The topological polar surface area (TPSA) is 69.6 Å². The quantitative estimate of drug-likeness (QED) is 0.399. The van der Waals surface area contributed by atoms with Crippen LogP contribution in [0.4, 0.5) is 0 Å². The first-order valence-electron chi connectivity index (χ1n) is 3.35. The Morgan fingerprint density at radius 3 is 2.36 bits per heavy atom. The molecule has 0 rings (SSSR count). The van der Waals surface area contributed by atoms with Crippen LogP contribution >= 0.6 is 0 Å². The van der Waals surface area contributed by atoms with Gasteiger partial charge in [0, 0.05) is 6.54 Å². The van der Waals surface area contributed by atoms with Crippen molar-refractivity contribution >= 4 is 5.91 Å². The standard InChI is InChI=1S/C7H13NO3/c1-5(6(2)10)7(11)8-3-4-9/h9-10H,3-4H2,1-2H3,(H,8,11)/b6-5-. The number of carbonyl (C=O) groups is 1. The van der Waals surface area contributed by atoms with E-state index < -0.39 is 0 Å². The largest absolute Gasteiger partial charge is 0.512 e. The van der Waals surface area contributed by atoms with Crippen LogP contribution in [0.1, 0.15) is 13.8 Å². The van der Waals surface area contributed by atoms with Crippen molar-refractivity contribution in [1.29, 1.82) is 0 Å². The molecule has 0 atom stereocenters. The summed E-state index contributed by atoms with van der Waals surface area (Å²) in [7, 11) is 0. The Kier molecular flexibility index (Phi) is 4.29. The van der Waals surface area contributed by atoms with Gasteiger partial charge in [0.1, 0.15) is 0 Å². The molecule has 64 valence electrons. The molecule has 0 aliphatic carbocycles. The molecule has 0 aromatic carbocycles. The molecule has 0 aliphatic heterocycles. The third kappa shape index (κ3) is 3.62. The number of hydrogen-bond donors (Lipinski definition) is 3. The summed E-state index contributed by atoms with van der Waals surface area (Å²) in [5.74, 6) is -0.348. The van der Waals surface area contributed by atoms with E-state index in [1.807, 2.05) is 0 Å². The lowest BCUT2D eigenvalue weighted by molar-refractivity contribution is -0.117. The van der Waals surface area contributed by atoms with E-state index in [-0.39, 0.29) is 30.4 Å². The number of aliphatic hydroxyl groups is 2. The van der Waals surface area contributed by atoms with Gasteiger partial charge < -0.3 is 15.5 Å². The van der Waals surface area contributed by atoms with Crippen molar-refractivity contribution in [2.75, 3.05) is 13.2 Å². The van der Waals surface area contributed by atoms with Crippen molar-refractivity contribution in [2.45, 2.75) is 13.8 Å². The predicted octanol–water partition coefficient (Wildman–Crippen LogP) is -0.0532. The van der Waals surface area contributed by atoms with Gasteiger partial charge in [-0.3, -0.25) is 4.79 Å². The highest BCUT2D eigenvalue weighted by atomic mass is 16.3. The summed E-state index contributed by atoms with van der Waals surface area (Å²) in [6.07, 6.45) is 0. The van der Waals surface area contributed by atoms with Crippen LogP contribution in [-0.2, 0) is 4.79 Å². The van der Waals surface area contributed by atoms with E-state index in [0.717, 1.165) is 0 Å². The van der Waals surface area contributed by atoms with Gasteiger partial charge >= 0.3 is 0 Å². The molecule has 3 N–H and O–H groups in total. The van der Waals surface area contributed by atoms with Crippen molar-refractivity contribution in [3.8, 4) is 0 Å². The van der Waals surface area contributed by atoms with Crippen LogP contribution in [-0.4, -0.2) is 29.3 Å². The zero-order valence-corrected chi connectivity index (χ0v) is 6.72. The second kappa shape index (κ2) is 4.73. The second-order valence-corrected chi connectivity index (χ2v) is 2.19. The maximum absolute atomic E-state index is 10.9. The molecule has 0 unspecified atom stereocenters. The van der Waals surface area contributed by atoms with Gasteiger partial charge in [0.2, 0.25) is 5.91 Å². The predicted molar refractivity (Wildman–Crippen MR) is 41.1 cm³/mol. The zero-order chi connectivity index (χ0) is 8.85. The van der Waals surface area contributed by atoms with E-state index in [1.54, 1.807) is 0 Å². The average Bonchev–Trinajstić information content (AvgIpc) is 1.98. The van der Waals surface area contributed by atoms with Crippen LogP contribution in [0.5, 0.6) is 0 Å². The highest BCUT2D eigenvalue weighted by Gasteiger charge is 2.04. The lowest BCUT2D eigenvalue weighted by atomic mass is 10.2. The fourth-order valence-corrected chi connectivity index (χ4v) is 0.466. The van der Waals surface area contributed by atoms with Crippen molar-refractivity contribution in [2.24, 2.45) is 0 Å². The van der Waals surface area contributed by atoms with E-state index in [9.17, 15) is 4.79 Å². The molecule has 0 spiro atoms. The summed E-state index contributed by atoms with van der Waals surface area (Å²) < 4.78 is 0. The molecule has 0 bridgehead atoms. The molecular weight excluding hydrogens is 146 g/mol. The minimum absolute atomic E-state index is 0.000407. The number of rotatable bonds is 3. The van der Waals surface area contributed by atoms with Gasteiger partial charge in [-0.05, 0) is 13.8 Å².